The number of aryl methyl sites for hydroxylation is 1. The number of carbonyl (C=O) groups excluding carboxylic acids is 3. The maximum atomic E-state index is 12.4. The number of sulfone groups is 1. The molecule has 1 aromatic rings. The van der Waals surface area contributed by atoms with Gasteiger partial charge in [-0.25, -0.2) is 8.42 Å². The minimum atomic E-state index is -3.44. The van der Waals surface area contributed by atoms with Crippen molar-refractivity contribution in [3.63, 3.8) is 0 Å². The van der Waals surface area contributed by atoms with E-state index in [1.807, 2.05) is 0 Å². The molecule has 0 saturated carbocycles. The van der Waals surface area contributed by atoms with E-state index in [2.05, 4.69) is 5.32 Å². The van der Waals surface area contributed by atoms with Gasteiger partial charge in [-0.1, -0.05) is 6.07 Å². The highest BCUT2D eigenvalue weighted by molar-refractivity contribution is 7.90. The van der Waals surface area contributed by atoms with Crippen molar-refractivity contribution < 1.29 is 22.8 Å². The number of imide groups is 1. The Morgan fingerprint density at radius 2 is 1.76 bits per heavy atom. The van der Waals surface area contributed by atoms with Gasteiger partial charge in [0.05, 0.1) is 4.90 Å². The molecule has 3 amide bonds. The van der Waals surface area contributed by atoms with Crippen molar-refractivity contribution in [2.75, 3.05) is 19.3 Å². The normalized spacial score (nSPS) is 15.8. The van der Waals surface area contributed by atoms with E-state index in [-0.39, 0.29) is 23.5 Å². The Hall–Kier alpha value is -2.22. The maximum absolute atomic E-state index is 12.4. The zero-order valence-corrected chi connectivity index (χ0v) is 12.4. The lowest BCUT2D eigenvalue weighted by atomic mass is 10.1. The van der Waals surface area contributed by atoms with Crippen LogP contribution in [0.3, 0.4) is 0 Å². The zero-order valence-electron chi connectivity index (χ0n) is 11.5. The lowest BCUT2D eigenvalue weighted by Gasteiger charge is -2.26. The molecule has 0 unspecified atom stereocenters. The predicted octanol–water partition coefficient (Wildman–Crippen LogP) is -0.503. The molecule has 0 atom stereocenters. The van der Waals surface area contributed by atoms with Crippen molar-refractivity contribution in [2.45, 2.75) is 11.8 Å². The summed E-state index contributed by atoms with van der Waals surface area (Å²) in [5, 5.41) is 2.10. The average molecular weight is 310 g/mol. The molecule has 0 bridgehead atoms. The minimum absolute atomic E-state index is 0.0178. The highest BCUT2D eigenvalue weighted by Gasteiger charge is 2.28. The molecule has 0 spiro atoms. The minimum Gasteiger partial charge on any atom is -0.320 e. The smallest absolute Gasteiger partial charge is 0.255 e. The summed E-state index contributed by atoms with van der Waals surface area (Å²) in [5.74, 6) is -1.66. The quantitative estimate of drug-likeness (QED) is 0.742. The third-order valence-electron chi connectivity index (χ3n) is 3.10. The molecule has 1 aliphatic heterocycles. The second-order valence-electron chi connectivity index (χ2n) is 4.88. The van der Waals surface area contributed by atoms with E-state index in [4.69, 9.17) is 0 Å². The summed E-state index contributed by atoms with van der Waals surface area (Å²) >= 11 is 0. The number of amides is 3. The monoisotopic (exact) mass is 310 g/mol. The first kappa shape index (κ1) is 15.2. The number of nitrogens with one attached hydrogen (secondary N) is 1. The molecule has 1 heterocycles. The molecule has 0 aliphatic carbocycles. The SMILES string of the molecule is Cc1ccc(S(C)(=O)=O)cc1C(=O)N1CC(=O)NC(=O)C1. The Balaban J connectivity index is 2.39. The number of hydrogen-bond donors (Lipinski definition) is 1. The van der Waals surface area contributed by atoms with Crippen molar-refractivity contribution in [1.82, 2.24) is 10.2 Å². The van der Waals surface area contributed by atoms with Crippen LogP contribution in [0.5, 0.6) is 0 Å². The Bertz CT molecular complexity index is 723. The first-order valence-electron chi connectivity index (χ1n) is 6.11. The fraction of sp³-hybridized carbons (Fsp3) is 0.308. The van der Waals surface area contributed by atoms with E-state index in [1.54, 1.807) is 6.92 Å². The van der Waals surface area contributed by atoms with E-state index < -0.39 is 27.6 Å². The van der Waals surface area contributed by atoms with Gasteiger partial charge < -0.3 is 4.90 Å². The van der Waals surface area contributed by atoms with E-state index in [0.29, 0.717) is 5.56 Å². The van der Waals surface area contributed by atoms with Crippen LogP contribution in [-0.2, 0) is 19.4 Å². The number of carbonyl (C=O) groups is 3. The van der Waals surface area contributed by atoms with Crippen LogP contribution in [0.4, 0.5) is 0 Å². The Morgan fingerprint density at radius 1 is 1.19 bits per heavy atom. The van der Waals surface area contributed by atoms with Crippen molar-refractivity contribution in [3.05, 3.63) is 29.3 Å². The summed E-state index contributed by atoms with van der Waals surface area (Å²) in [6.45, 7) is 1.20. The lowest BCUT2D eigenvalue weighted by molar-refractivity contribution is -0.135. The summed E-state index contributed by atoms with van der Waals surface area (Å²) in [6, 6.07) is 4.20. The molecule has 1 aliphatic rings. The van der Waals surface area contributed by atoms with Gasteiger partial charge in [0.15, 0.2) is 9.84 Å². The molecule has 2 rings (SSSR count). The van der Waals surface area contributed by atoms with Crippen LogP contribution in [0.15, 0.2) is 23.1 Å². The molecular weight excluding hydrogens is 296 g/mol. The second kappa shape index (κ2) is 5.28. The first-order chi connectivity index (χ1) is 9.68. The molecule has 0 radical (unpaired) electrons. The van der Waals surface area contributed by atoms with Gasteiger partial charge in [-0.05, 0) is 24.6 Å². The van der Waals surface area contributed by atoms with Crippen LogP contribution in [0.2, 0.25) is 0 Å². The molecule has 7 nitrogen and oxygen atoms in total. The Kier molecular flexibility index (Phi) is 3.82. The van der Waals surface area contributed by atoms with Crippen LogP contribution in [0.25, 0.3) is 0 Å². The van der Waals surface area contributed by atoms with Crippen LogP contribution in [0, 0.1) is 6.92 Å². The molecular formula is C13H14N2O5S. The third kappa shape index (κ3) is 3.27. The zero-order chi connectivity index (χ0) is 15.8. The summed E-state index contributed by atoms with van der Waals surface area (Å²) < 4.78 is 23.1. The van der Waals surface area contributed by atoms with Crippen LogP contribution in [0.1, 0.15) is 15.9 Å². The largest absolute Gasteiger partial charge is 0.320 e. The summed E-state index contributed by atoms with van der Waals surface area (Å²) in [5.41, 5.74) is 0.742. The molecule has 112 valence electrons. The van der Waals surface area contributed by atoms with E-state index in [1.165, 1.54) is 18.2 Å². The number of nitrogens with zero attached hydrogens (tertiary/aromatic N) is 1. The molecule has 8 heteroatoms. The predicted molar refractivity (Wildman–Crippen MR) is 73.3 cm³/mol. The van der Waals surface area contributed by atoms with Crippen molar-refractivity contribution >= 4 is 27.6 Å². The molecule has 1 fully saturated rings. The standard InChI is InChI=1S/C13H14N2O5S/c1-8-3-4-9(21(2,19)20)5-10(8)13(18)15-6-11(16)14-12(17)7-15/h3-5H,6-7H2,1-2H3,(H,14,16,17). The van der Waals surface area contributed by atoms with E-state index >= 15 is 0 Å². The number of hydrogen-bond acceptors (Lipinski definition) is 5. The van der Waals surface area contributed by atoms with E-state index in [9.17, 15) is 22.8 Å². The van der Waals surface area contributed by atoms with Gasteiger partial charge in [0.2, 0.25) is 11.8 Å². The van der Waals surface area contributed by atoms with Crippen molar-refractivity contribution in [1.29, 1.82) is 0 Å². The second-order valence-corrected chi connectivity index (χ2v) is 6.90. The molecule has 1 saturated heterocycles. The number of rotatable bonds is 2. The summed E-state index contributed by atoms with van der Waals surface area (Å²) in [4.78, 5) is 36.1. The highest BCUT2D eigenvalue weighted by Crippen LogP contribution is 2.18. The van der Waals surface area contributed by atoms with Crippen LogP contribution < -0.4 is 5.32 Å². The lowest BCUT2D eigenvalue weighted by Crippen LogP contribution is -2.53. The van der Waals surface area contributed by atoms with Gasteiger partial charge in [-0.15, -0.1) is 0 Å². The summed E-state index contributed by atoms with van der Waals surface area (Å²) in [7, 11) is -3.44. The third-order valence-corrected chi connectivity index (χ3v) is 4.21. The van der Waals surface area contributed by atoms with Gasteiger partial charge in [-0.3, -0.25) is 19.7 Å². The van der Waals surface area contributed by atoms with Gasteiger partial charge >= 0.3 is 0 Å². The fourth-order valence-electron chi connectivity index (χ4n) is 2.01. The Labute approximate surface area is 121 Å². The van der Waals surface area contributed by atoms with Crippen molar-refractivity contribution in [3.8, 4) is 0 Å². The number of benzene rings is 1. The van der Waals surface area contributed by atoms with Gasteiger partial charge in [0, 0.05) is 11.8 Å². The highest BCUT2D eigenvalue weighted by atomic mass is 32.2. The molecule has 21 heavy (non-hydrogen) atoms. The number of piperazine rings is 1. The molecule has 0 aromatic heterocycles. The van der Waals surface area contributed by atoms with Gasteiger partial charge in [0.1, 0.15) is 13.1 Å². The van der Waals surface area contributed by atoms with Crippen LogP contribution >= 0.6 is 0 Å². The molecule has 1 aromatic carbocycles. The fourth-order valence-corrected chi connectivity index (χ4v) is 2.66. The maximum Gasteiger partial charge on any atom is 0.255 e. The van der Waals surface area contributed by atoms with Crippen LogP contribution in [-0.4, -0.2) is 50.4 Å². The van der Waals surface area contributed by atoms with Gasteiger partial charge in [-0.2, -0.15) is 0 Å². The topological polar surface area (TPSA) is 101 Å². The summed E-state index contributed by atoms with van der Waals surface area (Å²) in [6.07, 6.45) is 1.05. The van der Waals surface area contributed by atoms with Crippen molar-refractivity contribution in [2.24, 2.45) is 0 Å². The first-order valence-corrected chi connectivity index (χ1v) is 8.00. The van der Waals surface area contributed by atoms with E-state index in [0.717, 1.165) is 11.2 Å². The Morgan fingerprint density at radius 3 is 2.29 bits per heavy atom. The molecule has 1 N–H and O–H groups in total. The van der Waals surface area contributed by atoms with Gasteiger partial charge in [0.25, 0.3) is 5.91 Å². The average Bonchev–Trinajstić information content (AvgIpc) is 2.36.